The summed E-state index contributed by atoms with van der Waals surface area (Å²) in [5.74, 6) is -0.461. The molecule has 1 aromatic heterocycles. The van der Waals surface area contributed by atoms with Crippen LogP contribution in [0, 0.1) is 0 Å². The number of benzene rings is 1. The monoisotopic (exact) mass is 334 g/mol. The summed E-state index contributed by atoms with van der Waals surface area (Å²) in [5.41, 5.74) is 0.448. The summed E-state index contributed by atoms with van der Waals surface area (Å²) < 4.78 is 1.56. The lowest BCUT2D eigenvalue weighted by atomic mass is 10.2. The highest BCUT2D eigenvalue weighted by Gasteiger charge is 2.15. The number of hydrogen-bond acceptors (Lipinski definition) is 5. The molecule has 2 rings (SSSR count). The van der Waals surface area contributed by atoms with Gasteiger partial charge in [-0.25, -0.2) is 9.78 Å². The molecule has 122 valence electrons. The maximum Gasteiger partial charge on any atom is 0.321 e. The number of hydrogen-bond donors (Lipinski definition) is 2. The first-order valence-corrected chi connectivity index (χ1v) is 8.08. The van der Waals surface area contributed by atoms with E-state index >= 15 is 0 Å². The van der Waals surface area contributed by atoms with Gasteiger partial charge in [0.1, 0.15) is 0 Å². The summed E-state index contributed by atoms with van der Waals surface area (Å²) in [6.45, 7) is 3.76. The van der Waals surface area contributed by atoms with Crippen molar-refractivity contribution in [1.29, 1.82) is 0 Å². The van der Waals surface area contributed by atoms with Crippen molar-refractivity contribution in [3.05, 3.63) is 34.6 Å². The summed E-state index contributed by atoms with van der Waals surface area (Å²) in [5, 5.41) is 5.48. The molecule has 1 aromatic carbocycles. The lowest BCUT2D eigenvalue weighted by molar-refractivity contribution is -0.117. The Morgan fingerprint density at radius 3 is 2.65 bits per heavy atom. The smallest absolute Gasteiger partial charge is 0.321 e. The van der Waals surface area contributed by atoms with Crippen LogP contribution in [0.1, 0.15) is 19.9 Å². The fraction of sp³-hybridized carbons (Fsp3) is 0.333. The third-order valence-electron chi connectivity index (χ3n) is 3.10. The molecule has 0 radical (unpaired) electrons. The van der Waals surface area contributed by atoms with E-state index in [-0.39, 0.29) is 17.4 Å². The first-order chi connectivity index (χ1) is 10.9. The van der Waals surface area contributed by atoms with E-state index < -0.39 is 11.9 Å². The van der Waals surface area contributed by atoms with E-state index in [1.807, 2.05) is 13.8 Å². The number of imide groups is 1. The fourth-order valence-corrected chi connectivity index (χ4v) is 2.97. The normalized spacial score (nSPS) is 10.8. The molecule has 0 bridgehead atoms. The molecule has 0 atom stereocenters. The summed E-state index contributed by atoms with van der Waals surface area (Å²) >= 11 is 1.12. The molecule has 0 unspecified atom stereocenters. The quantitative estimate of drug-likeness (QED) is 0.653. The number of aromatic nitrogens is 2. The molecule has 0 aliphatic rings. The van der Waals surface area contributed by atoms with Gasteiger partial charge in [0.2, 0.25) is 5.91 Å². The average molecular weight is 334 g/mol. The number of amides is 3. The SMILES string of the molecule is CNC(=O)NC(=O)CSc1nc2ccccc2c(=O)n1C(C)C. The van der Waals surface area contributed by atoms with Crippen molar-refractivity contribution in [2.45, 2.75) is 25.0 Å². The Labute approximate surface area is 137 Å². The van der Waals surface area contributed by atoms with Crippen molar-refractivity contribution < 1.29 is 9.59 Å². The van der Waals surface area contributed by atoms with Gasteiger partial charge in [0.05, 0.1) is 16.7 Å². The van der Waals surface area contributed by atoms with Crippen molar-refractivity contribution in [1.82, 2.24) is 20.2 Å². The van der Waals surface area contributed by atoms with Crippen LogP contribution in [0.15, 0.2) is 34.2 Å². The van der Waals surface area contributed by atoms with Gasteiger partial charge in [0.15, 0.2) is 5.16 Å². The van der Waals surface area contributed by atoms with Gasteiger partial charge in [-0.05, 0) is 26.0 Å². The minimum Gasteiger partial charge on any atom is -0.341 e. The molecular weight excluding hydrogens is 316 g/mol. The van der Waals surface area contributed by atoms with Crippen LogP contribution in [0.25, 0.3) is 10.9 Å². The lowest BCUT2D eigenvalue weighted by Crippen LogP contribution is -2.38. The first kappa shape index (κ1) is 17.0. The maximum atomic E-state index is 12.6. The van der Waals surface area contributed by atoms with Crippen LogP contribution in [0.5, 0.6) is 0 Å². The summed E-state index contributed by atoms with van der Waals surface area (Å²) in [4.78, 5) is 39.9. The largest absolute Gasteiger partial charge is 0.341 e. The van der Waals surface area contributed by atoms with Crippen LogP contribution in [0.4, 0.5) is 4.79 Å². The molecule has 0 fully saturated rings. The minimum atomic E-state index is -0.566. The van der Waals surface area contributed by atoms with E-state index in [0.29, 0.717) is 16.1 Å². The second-order valence-electron chi connectivity index (χ2n) is 5.10. The van der Waals surface area contributed by atoms with Crippen molar-refractivity contribution in [3.8, 4) is 0 Å². The Kier molecular flexibility index (Phi) is 5.38. The fourth-order valence-electron chi connectivity index (χ4n) is 2.04. The van der Waals surface area contributed by atoms with Gasteiger partial charge in [-0.1, -0.05) is 23.9 Å². The molecule has 23 heavy (non-hydrogen) atoms. The van der Waals surface area contributed by atoms with Gasteiger partial charge in [-0.2, -0.15) is 0 Å². The summed E-state index contributed by atoms with van der Waals surface area (Å²) in [6.07, 6.45) is 0. The Morgan fingerprint density at radius 2 is 2.00 bits per heavy atom. The van der Waals surface area contributed by atoms with Crippen molar-refractivity contribution >= 4 is 34.6 Å². The number of rotatable bonds is 4. The molecule has 0 saturated heterocycles. The average Bonchev–Trinajstić information content (AvgIpc) is 2.52. The lowest BCUT2D eigenvalue weighted by Gasteiger charge is -2.15. The zero-order chi connectivity index (χ0) is 17.0. The molecule has 3 amide bonds. The third kappa shape index (κ3) is 3.89. The predicted octanol–water partition coefficient (Wildman–Crippen LogP) is 1.53. The number of fused-ring (bicyclic) bond motifs is 1. The van der Waals surface area contributed by atoms with Gasteiger partial charge in [-0.15, -0.1) is 0 Å². The molecule has 1 heterocycles. The van der Waals surface area contributed by atoms with E-state index in [0.717, 1.165) is 11.8 Å². The molecule has 2 N–H and O–H groups in total. The van der Waals surface area contributed by atoms with E-state index in [9.17, 15) is 14.4 Å². The van der Waals surface area contributed by atoms with E-state index in [1.165, 1.54) is 7.05 Å². The molecule has 0 aliphatic heterocycles. The standard InChI is InChI=1S/C15H18N4O3S/c1-9(2)19-13(21)10-6-4-5-7-11(10)17-15(19)23-8-12(20)18-14(22)16-3/h4-7,9H,8H2,1-3H3,(H2,16,18,20,22). The number of carbonyl (C=O) groups excluding carboxylic acids is 2. The second kappa shape index (κ2) is 7.28. The first-order valence-electron chi connectivity index (χ1n) is 7.09. The van der Waals surface area contributed by atoms with Crippen molar-refractivity contribution in [2.24, 2.45) is 0 Å². The highest BCUT2D eigenvalue weighted by molar-refractivity contribution is 7.99. The predicted molar refractivity (Wildman–Crippen MR) is 89.7 cm³/mol. The highest BCUT2D eigenvalue weighted by atomic mass is 32.2. The van der Waals surface area contributed by atoms with E-state index in [2.05, 4.69) is 15.6 Å². The van der Waals surface area contributed by atoms with Crippen molar-refractivity contribution in [2.75, 3.05) is 12.8 Å². The number of thioether (sulfide) groups is 1. The molecule has 0 aliphatic carbocycles. The van der Waals surface area contributed by atoms with Crippen molar-refractivity contribution in [3.63, 3.8) is 0 Å². The van der Waals surface area contributed by atoms with Crippen LogP contribution in [-0.2, 0) is 4.79 Å². The van der Waals surface area contributed by atoms with Gasteiger partial charge in [0.25, 0.3) is 5.56 Å². The zero-order valence-corrected chi connectivity index (χ0v) is 13.9. The molecule has 0 spiro atoms. The van der Waals surface area contributed by atoms with Crippen LogP contribution in [0.3, 0.4) is 0 Å². The minimum absolute atomic E-state index is 0.00901. The number of urea groups is 1. The number of nitrogens with one attached hydrogen (secondary N) is 2. The topological polar surface area (TPSA) is 93.1 Å². The van der Waals surface area contributed by atoms with Gasteiger partial charge in [0, 0.05) is 13.1 Å². The Morgan fingerprint density at radius 1 is 1.30 bits per heavy atom. The molecular formula is C15H18N4O3S. The zero-order valence-electron chi connectivity index (χ0n) is 13.1. The highest BCUT2D eigenvalue weighted by Crippen LogP contribution is 2.20. The van der Waals surface area contributed by atoms with Crippen LogP contribution in [-0.4, -0.2) is 34.3 Å². The van der Waals surface area contributed by atoms with Gasteiger partial charge < -0.3 is 5.32 Å². The Bertz CT molecular complexity index is 801. The molecule has 8 heteroatoms. The Hall–Kier alpha value is -2.35. The number of para-hydroxylation sites is 1. The molecule has 7 nitrogen and oxygen atoms in total. The molecule has 0 saturated carbocycles. The number of carbonyl (C=O) groups is 2. The van der Waals surface area contributed by atoms with Crippen LogP contribution < -0.4 is 16.2 Å². The van der Waals surface area contributed by atoms with Crippen LogP contribution in [0.2, 0.25) is 0 Å². The second-order valence-corrected chi connectivity index (χ2v) is 6.04. The summed E-state index contributed by atoms with van der Waals surface area (Å²) in [6, 6.07) is 6.43. The van der Waals surface area contributed by atoms with Gasteiger partial charge >= 0.3 is 6.03 Å². The summed E-state index contributed by atoms with van der Waals surface area (Å²) in [7, 11) is 1.43. The third-order valence-corrected chi connectivity index (χ3v) is 4.06. The maximum absolute atomic E-state index is 12.6. The van der Waals surface area contributed by atoms with E-state index in [1.54, 1.807) is 28.8 Å². The van der Waals surface area contributed by atoms with Crippen LogP contribution >= 0.6 is 11.8 Å². The number of nitrogens with zero attached hydrogens (tertiary/aromatic N) is 2. The van der Waals surface area contributed by atoms with E-state index in [4.69, 9.17) is 0 Å². The van der Waals surface area contributed by atoms with Gasteiger partial charge in [-0.3, -0.25) is 19.5 Å². The molecule has 2 aromatic rings. The Balaban J connectivity index is 2.32.